The summed E-state index contributed by atoms with van der Waals surface area (Å²) < 4.78 is 0. The van der Waals surface area contributed by atoms with Crippen LogP contribution >= 0.6 is 11.3 Å². The molecule has 0 aromatic carbocycles. The fraction of sp³-hybridized carbons (Fsp3) is 0.643. The van der Waals surface area contributed by atoms with Crippen LogP contribution in [0.5, 0.6) is 0 Å². The standard InChI is InChI=1S/C14H20N2S/c1-14(2)7-3-4-11(8-14)16-10-13-6-5-12(9-15)17-13/h5-6,11,16H,3-4,7-8,10H2,1-2H3. The van der Waals surface area contributed by atoms with Crippen LogP contribution in [0.3, 0.4) is 0 Å². The van der Waals surface area contributed by atoms with Gasteiger partial charge in [-0.15, -0.1) is 11.3 Å². The van der Waals surface area contributed by atoms with Gasteiger partial charge in [0, 0.05) is 17.5 Å². The van der Waals surface area contributed by atoms with Crippen molar-refractivity contribution >= 4 is 11.3 Å². The molecule has 1 atom stereocenters. The smallest absolute Gasteiger partial charge is 0.110 e. The summed E-state index contributed by atoms with van der Waals surface area (Å²) in [6.07, 6.45) is 5.24. The molecule has 1 unspecified atom stereocenters. The van der Waals surface area contributed by atoms with Crippen LogP contribution < -0.4 is 5.32 Å². The number of nitrogens with zero attached hydrogens (tertiary/aromatic N) is 1. The normalized spacial score (nSPS) is 23.2. The summed E-state index contributed by atoms with van der Waals surface area (Å²) in [5.41, 5.74) is 0.489. The number of nitriles is 1. The molecule has 92 valence electrons. The molecule has 1 aliphatic carbocycles. The summed E-state index contributed by atoms with van der Waals surface area (Å²) in [6, 6.07) is 6.80. The molecule has 0 amide bonds. The highest BCUT2D eigenvalue weighted by Crippen LogP contribution is 2.35. The van der Waals surface area contributed by atoms with Gasteiger partial charge in [0.05, 0.1) is 0 Å². The molecule has 1 fully saturated rings. The fourth-order valence-electron chi connectivity index (χ4n) is 2.65. The van der Waals surface area contributed by atoms with Crippen molar-refractivity contribution in [1.29, 1.82) is 5.26 Å². The van der Waals surface area contributed by atoms with Gasteiger partial charge in [-0.2, -0.15) is 5.26 Å². The lowest BCUT2D eigenvalue weighted by atomic mass is 9.75. The van der Waals surface area contributed by atoms with E-state index in [2.05, 4.69) is 31.3 Å². The Morgan fingerprint density at radius 1 is 1.53 bits per heavy atom. The van der Waals surface area contributed by atoms with Gasteiger partial charge in [0.1, 0.15) is 10.9 Å². The van der Waals surface area contributed by atoms with Gasteiger partial charge < -0.3 is 5.32 Å². The summed E-state index contributed by atoms with van der Waals surface area (Å²) in [6.45, 7) is 5.63. The molecule has 1 N–H and O–H groups in total. The molecule has 1 saturated carbocycles. The molecular weight excluding hydrogens is 228 g/mol. The zero-order chi connectivity index (χ0) is 12.3. The first-order valence-corrected chi connectivity index (χ1v) is 7.13. The zero-order valence-corrected chi connectivity index (χ0v) is 11.4. The minimum absolute atomic E-state index is 0.489. The van der Waals surface area contributed by atoms with Gasteiger partial charge in [0.2, 0.25) is 0 Å². The SMILES string of the molecule is CC1(C)CCCC(NCc2ccc(C#N)s2)C1. The van der Waals surface area contributed by atoms with Crippen LogP contribution in [0.2, 0.25) is 0 Å². The Hall–Kier alpha value is -0.850. The van der Waals surface area contributed by atoms with Crippen molar-refractivity contribution in [2.45, 2.75) is 52.1 Å². The maximum absolute atomic E-state index is 8.78. The van der Waals surface area contributed by atoms with Crippen molar-refractivity contribution < 1.29 is 0 Å². The molecule has 1 heterocycles. The Balaban J connectivity index is 1.84. The minimum Gasteiger partial charge on any atom is -0.309 e. The number of hydrogen-bond donors (Lipinski definition) is 1. The second-order valence-electron chi connectivity index (χ2n) is 5.72. The monoisotopic (exact) mass is 248 g/mol. The summed E-state index contributed by atoms with van der Waals surface area (Å²) >= 11 is 1.60. The molecule has 1 aromatic rings. The summed E-state index contributed by atoms with van der Waals surface area (Å²) in [5.74, 6) is 0. The summed E-state index contributed by atoms with van der Waals surface area (Å²) in [4.78, 5) is 2.08. The largest absolute Gasteiger partial charge is 0.309 e. The highest BCUT2D eigenvalue weighted by Gasteiger charge is 2.27. The molecule has 3 heteroatoms. The van der Waals surface area contributed by atoms with Crippen molar-refractivity contribution in [2.75, 3.05) is 0 Å². The molecule has 0 aliphatic heterocycles. The first-order chi connectivity index (χ1) is 8.09. The van der Waals surface area contributed by atoms with E-state index in [1.54, 1.807) is 11.3 Å². The minimum atomic E-state index is 0.489. The second kappa shape index (κ2) is 5.20. The molecule has 2 nitrogen and oxygen atoms in total. The van der Waals surface area contributed by atoms with Gasteiger partial charge in [-0.1, -0.05) is 20.3 Å². The van der Waals surface area contributed by atoms with Gasteiger partial charge in [0.25, 0.3) is 0 Å². The predicted molar refractivity (Wildman–Crippen MR) is 71.9 cm³/mol. The second-order valence-corrected chi connectivity index (χ2v) is 6.88. The van der Waals surface area contributed by atoms with E-state index in [1.165, 1.54) is 30.6 Å². The van der Waals surface area contributed by atoms with E-state index in [4.69, 9.17) is 5.26 Å². The Morgan fingerprint density at radius 2 is 2.35 bits per heavy atom. The van der Waals surface area contributed by atoms with E-state index in [0.29, 0.717) is 11.5 Å². The van der Waals surface area contributed by atoms with Crippen molar-refractivity contribution in [3.8, 4) is 6.07 Å². The van der Waals surface area contributed by atoms with Gasteiger partial charge in [-0.25, -0.2) is 0 Å². The first kappa shape index (κ1) is 12.6. The quantitative estimate of drug-likeness (QED) is 0.885. The van der Waals surface area contributed by atoms with E-state index in [0.717, 1.165) is 11.4 Å². The Kier molecular flexibility index (Phi) is 3.86. The van der Waals surface area contributed by atoms with E-state index >= 15 is 0 Å². The lowest BCUT2D eigenvalue weighted by Crippen LogP contribution is -2.36. The molecule has 1 aromatic heterocycles. The van der Waals surface area contributed by atoms with Crippen molar-refractivity contribution in [3.05, 3.63) is 21.9 Å². The maximum atomic E-state index is 8.78. The highest BCUT2D eigenvalue weighted by molar-refractivity contribution is 7.12. The number of thiophene rings is 1. The predicted octanol–water partition coefficient (Wildman–Crippen LogP) is 3.68. The maximum Gasteiger partial charge on any atom is 0.110 e. The molecule has 0 spiro atoms. The number of nitrogens with one attached hydrogen (secondary N) is 1. The van der Waals surface area contributed by atoms with E-state index in [-0.39, 0.29) is 0 Å². The van der Waals surface area contributed by atoms with Gasteiger partial charge >= 0.3 is 0 Å². The van der Waals surface area contributed by atoms with Crippen LogP contribution in [-0.2, 0) is 6.54 Å². The van der Waals surface area contributed by atoms with Gasteiger partial charge in [-0.3, -0.25) is 0 Å². The van der Waals surface area contributed by atoms with Crippen LogP contribution in [0.4, 0.5) is 0 Å². The third-order valence-corrected chi connectivity index (χ3v) is 4.53. The van der Waals surface area contributed by atoms with Crippen LogP contribution in [-0.4, -0.2) is 6.04 Å². The fourth-order valence-corrected chi connectivity index (χ4v) is 3.41. The average molecular weight is 248 g/mol. The molecule has 0 radical (unpaired) electrons. The van der Waals surface area contributed by atoms with Crippen molar-refractivity contribution in [2.24, 2.45) is 5.41 Å². The van der Waals surface area contributed by atoms with Gasteiger partial charge in [-0.05, 0) is 36.8 Å². The molecule has 1 aliphatic rings. The highest BCUT2D eigenvalue weighted by atomic mass is 32.1. The number of rotatable bonds is 3. The lowest BCUT2D eigenvalue weighted by Gasteiger charge is -2.35. The van der Waals surface area contributed by atoms with Crippen molar-refractivity contribution in [1.82, 2.24) is 5.32 Å². The van der Waals surface area contributed by atoms with Crippen LogP contribution in [0.15, 0.2) is 12.1 Å². The molecule has 0 bridgehead atoms. The molecule has 2 rings (SSSR count). The van der Waals surface area contributed by atoms with Crippen LogP contribution in [0, 0.1) is 16.7 Å². The Morgan fingerprint density at radius 3 is 3.00 bits per heavy atom. The van der Waals surface area contributed by atoms with Crippen molar-refractivity contribution in [3.63, 3.8) is 0 Å². The molecule has 17 heavy (non-hydrogen) atoms. The third kappa shape index (κ3) is 3.55. The third-order valence-electron chi connectivity index (χ3n) is 3.54. The van der Waals surface area contributed by atoms with E-state index in [9.17, 15) is 0 Å². The average Bonchev–Trinajstić information content (AvgIpc) is 2.73. The molecule has 0 saturated heterocycles. The van der Waals surface area contributed by atoms with Crippen LogP contribution in [0.25, 0.3) is 0 Å². The number of hydrogen-bond acceptors (Lipinski definition) is 3. The summed E-state index contributed by atoms with van der Waals surface area (Å²) in [5, 5.41) is 12.4. The first-order valence-electron chi connectivity index (χ1n) is 6.31. The zero-order valence-electron chi connectivity index (χ0n) is 10.6. The van der Waals surface area contributed by atoms with Crippen LogP contribution in [0.1, 0.15) is 49.3 Å². The van der Waals surface area contributed by atoms with Gasteiger partial charge in [0.15, 0.2) is 0 Å². The molecular formula is C14H20N2S. The topological polar surface area (TPSA) is 35.8 Å². The summed E-state index contributed by atoms with van der Waals surface area (Å²) in [7, 11) is 0. The Bertz CT molecular complexity index is 414. The lowest BCUT2D eigenvalue weighted by molar-refractivity contribution is 0.198. The van der Waals surface area contributed by atoms with E-state index in [1.807, 2.05) is 6.07 Å². The Labute approximate surface area is 108 Å². The van der Waals surface area contributed by atoms with E-state index < -0.39 is 0 Å².